The summed E-state index contributed by atoms with van der Waals surface area (Å²) in [6, 6.07) is 7.74. The molecule has 1 N–H and O–H groups in total. The lowest BCUT2D eigenvalue weighted by atomic mass is 10.2. The van der Waals surface area contributed by atoms with E-state index >= 15 is 0 Å². The van der Waals surface area contributed by atoms with E-state index in [1.54, 1.807) is 0 Å². The number of rotatable bonds is 7. The molecule has 0 saturated heterocycles. The first kappa shape index (κ1) is 14.4. The third kappa shape index (κ3) is 4.56. The highest BCUT2D eigenvalue weighted by Gasteiger charge is 2.06. The van der Waals surface area contributed by atoms with Gasteiger partial charge in [-0.15, -0.1) is 0 Å². The van der Waals surface area contributed by atoms with E-state index in [4.69, 9.17) is 11.6 Å². The van der Waals surface area contributed by atoms with Crippen molar-refractivity contribution in [2.24, 2.45) is 0 Å². The number of hydrogen-bond acceptors (Lipinski definition) is 4. The van der Waals surface area contributed by atoms with Crippen molar-refractivity contribution >= 4 is 23.1 Å². The van der Waals surface area contributed by atoms with E-state index in [0.29, 0.717) is 0 Å². The number of unbranched alkanes of at least 4 members (excludes halogenated alkanes) is 2. The van der Waals surface area contributed by atoms with E-state index in [2.05, 4.69) is 14.7 Å². The van der Waals surface area contributed by atoms with Crippen LogP contribution in [0.3, 0.4) is 0 Å². The van der Waals surface area contributed by atoms with Gasteiger partial charge in [-0.2, -0.15) is 4.37 Å². The Labute approximate surface area is 123 Å². The van der Waals surface area contributed by atoms with Crippen LogP contribution in [-0.4, -0.2) is 22.9 Å². The van der Waals surface area contributed by atoms with E-state index in [0.717, 1.165) is 40.8 Å². The van der Waals surface area contributed by atoms with Crippen LogP contribution in [0.25, 0.3) is 10.6 Å². The summed E-state index contributed by atoms with van der Waals surface area (Å²) in [5.41, 5.74) is 1.09. The first-order valence-corrected chi connectivity index (χ1v) is 7.68. The standard InChI is InChI=1S/C14H18ClN3S/c1-16-10-4-2-3-5-13-17-14(19-18-13)11-6-8-12(15)9-7-11/h6-9,16H,2-5,10H2,1H3. The zero-order valence-corrected chi connectivity index (χ0v) is 12.6. The molecule has 0 atom stereocenters. The molecule has 2 rings (SSSR count). The number of hydrogen-bond donors (Lipinski definition) is 1. The Morgan fingerprint density at radius 3 is 2.68 bits per heavy atom. The zero-order valence-electron chi connectivity index (χ0n) is 11.0. The van der Waals surface area contributed by atoms with Crippen LogP contribution in [0.2, 0.25) is 5.02 Å². The predicted octanol–water partition coefficient (Wildman–Crippen LogP) is 3.79. The molecule has 3 nitrogen and oxygen atoms in total. The van der Waals surface area contributed by atoms with Gasteiger partial charge in [0.15, 0.2) is 0 Å². The molecular formula is C14H18ClN3S. The molecule has 5 heteroatoms. The third-order valence-electron chi connectivity index (χ3n) is 2.89. The number of aryl methyl sites for hydroxylation is 1. The van der Waals surface area contributed by atoms with Crippen molar-refractivity contribution in [1.29, 1.82) is 0 Å². The van der Waals surface area contributed by atoms with Gasteiger partial charge in [0.25, 0.3) is 0 Å². The fourth-order valence-corrected chi connectivity index (χ4v) is 2.66. The number of benzene rings is 1. The molecule has 19 heavy (non-hydrogen) atoms. The summed E-state index contributed by atoms with van der Waals surface area (Å²) in [6.45, 7) is 1.08. The molecule has 102 valence electrons. The minimum atomic E-state index is 0.748. The van der Waals surface area contributed by atoms with Gasteiger partial charge in [-0.3, -0.25) is 0 Å². The largest absolute Gasteiger partial charge is 0.320 e. The summed E-state index contributed by atoms with van der Waals surface area (Å²) in [5.74, 6) is 0.958. The second-order valence-corrected chi connectivity index (χ2v) is 5.63. The summed E-state index contributed by atoms with van der Waals surface area (Å²) in [7, 11) is 1.99. The smallest absolute Gasteiger partial charge is 0.144 e. The van der Waals surface area contributed by atoms with Gasteiger partial charge in [-0.1, -0.05) is 30.2 Å². The lowest BCUT2D eigenvalue weighted by Gasteiger charge is -1.98. The van der Waals surface area contributed by atoms with Gasteiger partial charge in [0.1, 0.15) is 10.8 Å². The van der Waals surface area contributed by atoms with Gasteiger partial charge in [0.05, 0.1) is 0 Å². The Hall–Kier alpha value is -0.970. The second-order valence-electron chi connectivity index (χ2n) is 4.44. The molecule has 0 spiro atoms. The van der Waals surface area contributed by atoms with Crippen LogP contribution >= 0.6 is 23.1 Å². The van der Waals surface area contributed by atoms with Crippen molar-refractivity contribution in [1.82, 2.24) is 14.7 Å². The molecule has 0 amide bonds. The summed E-state index contributed by atoms with van der Waals surface area (Å²) >= 11 is 7.34. The van der Waals surface area contributed by atoms with Crippen molar-refractivity contribution in [2.45, 2.75) is 25.7 Å². The summed E-state index contributed by atoms with van der Waals surface area (Å²) in [4.78, 5) is 4.58. The molecule has 1 heterocycles. The average molecular weight is 296 g/mol. The van der Waals surface area contributed by atoms with Crippen molar-refractivity contribution in [3.05, 3.63) is 35.1 Å². The van der Waals surface area contributed by atoms with Gasteiger partial charge in [-0.05, 0) is 50.1 Å². The van der Waals surface area contributed by atoms with Gasteiger partial charge < -0.3 is 5.32 Å². The quantitative estimate of drug-likeness (QED) is 0.790. The Morgan fingerprint density at radius 2 is 1.95 bits per heavy atom. The van der Waals surface area contributed by atoms with Crippen LogP contribution in [0, 0.1) is 0 Å². The minimum absolute atomic E-state index is 0.748. The highest BCUT2D eigenvalue weighted by molar-refractivity contribution is 7.09. The van der Waals surface area contributed by atoms with E-state index in [1.807, 2.05) is 31.3 Å². The van der Waals surface area contributed by atoms with Crippen LogP contribution in [0.15, 0.2) is 24.3 Å². The Morgan fingerprint density at radius 1 is 1.16 bits per heavy atom. The molecule has 1 aromatic carbocycles. The van der Waals surface area contributed by atoms with E-state index in [9.17, 15) is 0 Å². The number of halogens is 1. The topological polar surface area (TPSA) is 37.8 Å². The molecule has 0 saturated carbocycles. The molecular weight excluding hydrogens is 278 g/mol. The first-order chi connectivity index (χ1) is 9.29. The molecule has 0 aliphatic carbocycles. The lowest BCUT2D eigenvalue weighted by molar-refractivity contribution is 0.635. The Kier molecular flexibility index (Phi) is 5.76. The highest BCUT2D eigenvalue weighted by Crippen LogP contribution is 2.23. The molecule has 0 bridgehead atoms. The monoisotopic (exact) mass is 295 g/mol. The van der Waals surface area contributed by atoms with E-state index < -0.39 is 0 Å². The highest BCUT2D eigenvalue weighted by atomic mass is 35.5. The molecule has 0 unspecified atom stereocenters. The minimum Gasteiger partial charge on any atom is -0.320 e. The zero-order chi connectivity index (χ0) is 13.5. The van der Waals surface area contributed by atoms with Crippen LogP contribution < -0.4 is 5.32 Å². The summed E-state index contributed by atoms with van der Waals surface area (Å²) in [6.07, 6.45) is 4.55. The maximum absolute atomic E-state index is 5.88. The van der Waals surface area contributed by atoms with Gasteiger partial charge in [-0.25, -0.2) is 4.98 Å². The Bertz CT molecular complexity index is 496. The lowest BCUT2D eigenvalue weighted by Crippen LogP contribution is -2.07. The normalized spacial score (nSPS) is 10.8. The number of nitrogens with zero attached hydrogens (tertiary/aromatic N) is 2. The first-order valence-electron chi connectivity index (χ1n) is 6.52. The van der Waals surface area contributed by atoms with Crippen molar-refractivity contribution in [3.8, 4) is 10.6 Å². The summed E-state index contributed by atoms with van der Waals surface area (Å²) < 4.78 is 4.41. The van der Waals surface area contributed by atoms with Crippen LogP contribution in [-0.2, 0) is 6.42 Å². The fraction of sp³-hybridized carbons (Fsp3) is 0.429. The van der Waals surface area contributed by atoms with E-state index in [-0.39, 0.29) is 0 Å². The van der Waals surface area contributed by atoms with Gasteiger partial charge >= 0.3 is 0 Å². The maximum atomic E-state index is 5.88. The predicted molar refractivity (Wildman–Crippen MR) is 81.8 cm³/mol. The average Bonchev–Trinajstić information content (AvgIpc) is 2.88. The maximum Gasteiger partial charge on any atom is 0.144 e. The van der Waals surface area contributed by atoms with Crippen LogP contribution in [0.1, 0.15) is 25.1 Å². The van der Waals surface area contributed by atoms with Crippen LogP contribution in [0.4, 0.5) is 0 Å². The fourth-order valence-electron chi connectivity index (χ4n) is 1.83. The molecule has 2 aromatic rings. The van der Waals surface area contributed by atoms with Crippen molar-refractivity contribution in [2.75, 3.05) is 13.6 Å². The summed E-state index contributed by atoms with van der Waals surface area (Å²) in [5, 5.41) is 4.88. The van der Waals surface area contributed by atoms with Crippen molar-refractivity contribution in [3.63, 3.8) is 0 Å². The number of nitrogens with one attached hydrogen (secondary N) is 1. The molecule has 0 aliphatic heterocycles. The van der Waals surface area contributed by atoms with Crippen molar-refractivity contribution < 1.29 is 0 Å². The molecule has 0 fully saturated rings. The van der Waals surface area contributed by atoms with Crippen LogP contribution in [0.5, 0.6) is 0 Å². The SMILES string of the molecule is CNCCCCCc1nsc(-c2ccc(Cl)cc2)n1. The molecule has 0 aliphatic rings. The number of aromatic nitrogens is 2. The second kappa shape index (κ2) is 7.58. The third-order valence-corrected chi connectivity index (χ3v) is 3.94. The molecule has 1 aromatic heterocycles. The Balaban J connectivity index is 1.86. The van der Waals surface area contributed by atoms with E-state index in [1.165, 1.54) is 24.4 Å². The molecule has 0 radical (unpaired) electrons. The van der Waals surface area contributed by atoms with Gasteiger partial charge in [0, 0.05) is 17.0 Å². The van der Waals surface area contributed by atoms with Gasteiger partial charge in [0.2, 0.25) is 0 Å².